The molecule has 17 heavy (non-hydrogen) atoms. The smallest absolute Gasteiger partial charge is 0.292 e. The fourth-order valence-corrected chi connectivity index (χ4v) is 1.64. The van der Waals surface area contributed by atoms with Crippen LogP contribution < -0.4 is 5.32 Å². The summed E-state index contributed by atoms with van der Waals surface area (Å²) in [6.45, 7) is 5.65. The van der Waals surface area contributed by atoms with Crippen molar-refractivity contribution >= 4 is 11.7 Å². The lowest BCUT2D eigenvalue weighted by atomic mass is 10.2. The number of carbonyl (C=O) groups is 1. The molecular formula is C13H14N2O2. The maximum absolute atomic E-state index is 11.8. The van der Waals surface area contributed by atoms with Crippen LogP contribution in [0.2, 0.25) is 0 Å². The van der Waals surface area contributed by atoms with Crippen LogP contribution in [0.15, 0.2) is 28.7 Å². The average molecular weight is 230 g/mol. The number of furan rings is 1. The van der Waals surface area contributed by atoms with Crippen LogP contribution >= 0.6 is 0 Å². The Hall–Kier alpha value is -2.10. The van der Waals surface area contributed by atoms with Gasteiger partial charge in [0.25, 0.3) is 5.91 Å². The number of pyridine rings is 1. The van der Waals surface area contributed by atoms with Crippen molar-refractivity contribution in [3.8, 4) is 0 Å². The van der Waals surface area contributed by atoms with Crippen LogP contribution in [0.5, 0.6) is 0 Å². The van der Waals surface area contributed by atoms with E-state index in [1.54, 1.807) is 19.1 Å². The lowest BCUT2D eigenvalue weighted by Gasteiger charge is -2.04. The van der Waals surface area contributed by atoms with Crippen molar-refractivity contribution in [2.75, 3.05) is 5.32 Å². The third kappa shape index (κ3) is 2.72. The summed E-state index contributed by atoms with van der Waals surface area (Å²) in [6.07, 6.45) is 0. The standard InChI is InChI=1S/C13H14N2O2/c1-8-6-9(2)14-12(7-8)15-13(16)11-5-4-10(3)17-11/h4-7H,1-3H3,(H,14,15,16). The van der Waals surface area contributed by atoms with Gasteiger partial charge in [0.1, 0.15) is 11.6 Å². The summed E-state index contributed by atoms with van der Waals surface area (Å²) < 4.78 is 5.24. The van der Waals surface area contributed by atoms with Crippen LogP contribution in [0.4, 0.5) is 5.82 Å². The summed E-state index contributed by atoms with van der Waals surface area (Å²) in [6, 6.07) is 7.17. The highest BCUT2D eigenvalue weighted by Gasteiger charge is 2.10. The minimum Gasteiger partial charge on any atom is -0.456 e. The van der Waals surface area contributed by atoms with E-state index in [4.69, 9.17) is 4.42 Å². The first-order valence-electron chi connectivity index (χ1n) is 5.37. The van der Waals surface area contributed by atoms with Crippen molar-refractivity contribution in [2.45, 2.75) is 20.8 Å². The Bertz CT molecular complexity index is 538. The number of aromatic nitrogens is 1. The average Bonchev–Trinajstić information content (AvgIpc) is 2.63. The van der Waals surface area contributed by atoms with Crippen LogP contribution in [0.1, 0.15) is 27.6 Å². The monoisotopic (exact) mass is 230 g/mol. The normalized spacial score (nSPS) is 10.3. The van der Waals surface area contributed by atoms with Crippen LogP contribution in [0.25, 0.3) is 0 Å². The van der Waals surface area contributed by atoms with Gasteiger partial charge < -0.3 is 9.73 Å². The van der Waals surface area contributed by atoms with Crippen molar-refractivity contribution in [2.24, 2.45) is 0 Å². The number of hydrogen-bond donors (Lipinski definition) is 1. The quantitative estimate of drug-likeness (QED) is 0.863. The maximum Gasteiger partial charge on any atom is 0.292 e. The highest BCUT2D eigenvalue weighted by atomic mass is 16.3. The van der Waals surface area contributed by atoms with Crippen LogP contribution in [0, 0.1) is 20.8 Å². The maximum atomic E-state index is 11.8. The van der Waals surface area contributed by atoms with E-state index in [2.05, 4.69) is 10.3 Å². The molecule has 0 aromatic carbocycles. The molecule has 4 heteroatoms. The first-order valence-corrected chi connectivity index (χ1v) is 5.37. The number of aryl methyl sites for hydroxylation is 3. The van der Waals surface area contributed by atoms with Gasteiger partial charge in [-0.1, -0.05) is 0 Å². The largest absolute Gasteiger partial charge is 0.456 e. The predicted molar refractivity (Wildman–Crippen MR) is 65.1 cm³/mol. The van der Waals surface area contributed by atoms with Gasteiger partial charge in [0, 0.05) is 5.69 Å². The number of nitrogens with zero attached hydrogens (tertiary/aromatic N) is 1. The second-order valence-electron chi connectivity index (χ2n) is 4.04. The van der Waals surface area contributed by atoms with E-state index in [1.165, 1.54) is 0 Å². The highest BCUT2D eigenvalue weighted by Crippen LogP contribution is 2.12. The summed E-state index contributed by atoms with van der Waals surface area (Å²) in [7, 11) is 0. The van der Waals surface area contributed by atoms with E-state index >= 15 is 0 Å². The second-order valence-corrected chi connectivity index (χ2v) is 4.04. The Kier molecular flexibility index (Phi) is 2.95. The molecule has 1 amide bonds. The van der Waals surface area contributed by atoms with Gasteiger partial charge in [-0.15, -0.1) is 0 Å². The van der Waals surface area contributed by atoms with Crippen LogP contribution in [0.3, 0.4) is 0 Å². The highest BCUT2D eigenvalue weighted by molar-refractivity contribution is 6.01. The number of rotatable bonds is 2. The summed E-state index contributed by atoms with van der Waals surface area (Å²) in [4.78, 5) is 16.0. The van der Waals surface area contributed by atoms with Gasteiger partial charge in [0.15, 0.2) is 5.76 Å². The zero-order valence-electron chi connectivity index (χ0n) is 10.1. The molecule has 2 rings (SSSR count). The summed E-state index contributed by atoms with van der Waals surface area (Å²) in [5.74, 6) is 1.27. The van der Waals surface area contributed by atoms with Gasteiger partial charge in [-0.25, -0.2) is 4.98 Å². The Morgan fingerprint density at radius 3 is 2.59 bits per heavy atom. The minimum absolute atomic E-state index is 0.282. The molecular weight excluding hydrogens is 216 g/mol. The van der Waals surface area contributed by atoms with Crippen molar-refractivity contribution < 1.29 is 9.21 Å². The lowest BCUT2D eigenvalue weighted by molar-refractivity contribution is 0.0995. The molecule has 2 aromatic rings. The number of hydrogen-bond acceptors (Lipinski definition) is 3. The summed E-state index contributed by atoms with van der Waals surface area (Å²) >= 11 is 0. The molecule has 0 spiro atoms. The van der Waals surface area contributed by atoms with E-state index in [9.17, 15) is 4.79 Å². The molecule has 0 aliphatic carbocycles. The van der Waals surface area contributed by atoms with Crippen molar-refractivity contribution in [3.63, 3.8) is 0 Å². The van der Waals surface area contributed by atoms with E-state index in [0.717, 1.165) is 11.3 Å². The molecule has 2 aromatic heterocycles. The Labute approximate surface area is 99.7 Å². The topological polar surface area (TPSA) is 55.1 Å². The number of carbonyl (C=O) groups excluding carboxylic acids is 1. The molecule has 0 fully saturated rings. The first-order chi connectivity index (χ1) is 8.04. The van der Waals surface area contributed by atoms with Gasteiger partial charge in [0.2, 0.25) is 0 Å². The Morgan fingerprint density at radius 2 is 2.00 bits per heavy atom. The molecule has 0 bridgehead atoms. The van der Waals surface area contributed by atoms with E-state index in [1.807, 2.05) is 26.0 Å². The minimum atomic E-state index is -0.282. The third-order valence-corrected chi connectivity index (χ3v) is 2.30. The molecule has 4 nitrogen and oxygen atoms in total. The molecule has 0 unspecified atom stereocenters. The second kappa shape index (κ2) is 4.41. The molecule has 0 saturated carbocycles. The molecule has 0 aliphatic heterocycles. The van der Waals surface area contributed by atoms with E-state index in [0.29, 0.717) is 17.3 Å². The first kappa shape index (κ1) is 11.4. The molecule has 0 atom stereocenters. The van der Waals surface area contributed by atoms with Gasteiger partial charge >= 0.3 is 0 Å². The van der Waals surface area contributed by atoms with Crippen molar-refractivity contribution in [1.82, 2.24) is 4.98 Å². The lowest BCUT2D eigenvalue weighted by Crippen LogP contribution is -2.12. The Morgan fingerprint density at radius 1 is 1.24 bits per heavy atom. The Balaban J connectivity index is 2.18. The number of amides is 1. The fraction of sp³-hybridized carbons (Fsp3) is 0.231. The molecule has 2 heterocycles. The van der Waals surface area contributed by atoms with Crippen molar-refractivity contribution in [3.05, 3.63) is 47.0 Å². The molecule has 0 saturated heterocycles. The fourth-order valence-electron chi connectivity index (χ4n) is 1.64. The molecule has 0 aliphatic rings. The zero-order valence-corrected chi connectivity index (χ0v) is 10.1. The third-order valence-electron chi connectivity index (χ3n) is 2.30. The van der Waals surface area contributed by atoms with E-state index < -0.39 is 0 Å². The van der Waals surface area contributed by atoms with E-state index in [-0.39, 0.29) is 5.91 Å². The molecule has 0 radical (unpaired) electrons. The van der Waals surface area contributed by atoms with Crippen LogP contribution in [-0.4, -0.2) is 10.9 Å². The predicted octanol–water partition coefficient (Wildman–Crippen LogP) is 2.85. The summed E-state index contributed by atoms with van der Waals surface area (Å²) in [5, 5.41) is 2.71. The van der Waals surface area contributed by atoms with Crippen LogP contribution in [-0.2, 0) is 0 Å². The van der Waals surface area contributed by atoms with Gasteiger partial charge in [-0.05, 0) is 50.6 Å². The number of nitrogens with one attached hydrogen (secondary N) is 1. The van der Waals surface area contributed by atoms with Gasteiger partial charge in [-0.3, -0.25) is 4.79 Å². The van der Waals surface area contributed by atoms with Gasteiger partial charge in [-0.2, -0.15) is 0 Å². The van der Waals surface area contributed by atoms with Gasteiger partial charge in [0.05, 0.1) is 0 Å². The number of anilines is 1. The van der Waals surface area contributed by atoms with Crippen molar-refractivity contribution in [1.29, 1.82) is 0 Å². The zero-order chi connectivity index (χ0) is 12.4. The molecule has 88 valence electrons. The molecule has 1 N–H and O–H groups in total. The SMILES string of the molecule is Cc1cc(C)nc(NC(=O)c2ccc(C)o2)c1. The summed E-state index contributed by atoms with van der Waals surface area (Å²) in [5.41, 5.74) is 1.93.